The molecule has 8 nitrogen and oxygen atoms in total. The number of fused-ring (bicyclic) bond motifs is 1. The Morgan fingerprint density at radius 1 is 0.765 bits per heavy atom. The molecule has 0 spiro atoms. The zero-order chi connectivity index (χ0) is 24.5. The van der Waals surface area contributed by atoms with E-state index in [1.807, 2.05) is 12.1 Å². The van der Waals surface area contributed by atoms with Crippen molar-refractivity contribution in [1.29, 1.82) is 0 Å². The summed E-state index contributed by atoms with van der Waals surface area (Å²) >= 11 is 0. The molecular formula is C26H30N2O6. The van der Waals surface area contributed by atoms with E-state index in [-0.39, 0.29) is 0 Å². The molecule has 8 heteroatoms. The summed E-state index contributed by atoms with van der Waals surface area (Å²) in [6, 6.07) is 21.5. The number of carboxylic acids is 2. The van der Waals surface area contributed by atoms with Crippen LogP contribution in [0.5, 0.6) is 11.5 Å². The minimum Gasteiger partial charge on any atom is -0.493 e. The highest BCUT2D eigenvalue weighted by atomic mass is 16.5. The predicted molar refractivity (Wildman–Crippen MR) is 129 cm³/mol. The molecular weight excluding hydrogens is 436 g/mol. The number of hydrogen-bond donors (Lipinski definition) is 2. The van der Waals surface area contributed by atoms with E-state index in [0.717, 1.165) is 50.8 Å². The van der Waals surface area contributed by atoms with Gasteiger partial charge in [-0.1, -0.05) is 48.5 Å². The van der Waals surface area contributed by atoms with Crippen LogP contribution < -0.4 is 9.47 Å². The summed E-state index contributed by atoms with van der Waals surface area (Å²) in [7, 11) is 3.40. The molecule has 3 aromatic carbocycles. The molecule has 0 unspecified atom stereocenters. The SMILES string of the molecule is COc1cccc(CN2CCN(Cc3ccc4ccccc4c3)CC2)c1OC.O=C(O)C(=O)O. The molecule has 0 radical (unpaired) electrons. The number of nitrogens with zero attached hydrogens (tertiary/aromatic N) is 2. The van der Waals surface area contributed by atoms with Crippen LogP contribution in [-0.2, 0) is 22.7 Å². The topological polar surface area (TPSA) is 99.5 Å². The maximum atomic E-state index is 9.10. The fourth-order valence-electron chi connectivity index (χ4n) is 4.02. The minimum absolute atomic E-state index is 0.801. The first kappa shape index (κ1) is 25.0. The van der Waals surface area contributed by atoms with Gasteiger partial charge in [0.1, 0.15) is 0 Å². The molecule has 34 heavy (non-hydrogen) atoms. The Kier molecular flexibility index (Phi) is 8.84. The number of aliphatic carboxylic acids is 2. The second-order valence-corrected chi connectivity index (χ2v) is 8.00. The van der Waals surface area contributed by atoms with Gasteiger partial charge in [0.15, 0.2) is 11.5 Å². The zero-order valence-corrected chi connectivity index (χ0v) is 19.4. The van der Waals surface area contributed by atoms with Crippen molar-refractivity contribution in [3.05, 3.63) is 71.8 Å². The van der Waals surface area contributed by atoms with Crippen molar-refractivity contribution in [2.24, 2.45) is 0 Å². The number of carboxylic acid groups (broad SMARTS) is 2. The smallest absolute Gasteiger partial charge is 0.414 e. The van der Waals surface area contributed by atoms with E-state index in [0.29, 0.717) is 0 Å². The van der Waals surface area contributed by atoms with Crippen LogP contribution in [0, 0.1) is 0 Å². The zero-order valence-electron chi connectivity index (χ0n) is 19.4. The average Bonchev–Trinajstić information content (AvgIpc) is 2.85. The van der Waals surface area contributed by atoms with Crippen molar-refractivity contribution < 1.29 is 29.3 Å². The summed E-state index contributed by atoms with van der Waals surface area (Å²) in [5.74, 6) is -2.00. The van der Waals surface area contributed by atoms with Crippen molar-refractivity contribution >= 4 is 22.7 Å². The van der Waals surface area contributed by atoms with E-state index in [1.54, 1.807) is 14.2 Å². The van der Waals surface area contributed by atoms with Gasteiger partial charge >= 0.3 is 11.9 Å². The van der Waals surface area contributed by atoms with Gasteiger partial charge in [-0.05, 0) is 28.5 Å². The van der Waals surface area contributed by atoms with Gasteiger partial charge in [-0.3, -0.25) is 9.80 Å². The molecule has 2 N–H and O–H groups in total. The Bertz CT molecular complexity index is 1110. The van der Waals surface area contributed by atoms with E-state index in [9.17, 15) is 0 Å². The number of hydrogen-bond acceptors (Lipinski definition) is 6. The molecule has 1 fully saturated rings. The molecule has 0 saturated carbocycles. The first-order valence-electron chi connectivity index (χ1n) is 11.0. The number of carbonyl (C=O) groups is 2. The van der Waals surface area contributed by atoms with Crippen LogP contribution in [0.1, 0.15) is 11.1 Å². The van der Waals surface area contributed by atoms with Crippen molar-refractivity contribution in [2.45, 2.75) is 13.1 Å². The number of ether oxygens (including phenoxy) is 2. The highest BCUT2D eigenvalue weighted by Crippen LogP contribution is 2.31. The van der Waals surface area contributed by atoms with Crippen molar-refractivity contribution in [3.63, 3.8) is 0 Å². The fraction of sp³-hybridized carbons (Fsp3) is 0.308. The van der Waals surface area contributed by atoms with Gasteiger partial charge in [-0.2, -0.15) is 0 Å². The van der Waals surface area contributed by atoms with E-state index < -0.39 is 11.9 Å². The van der Waals surface area contributed by atoms with Crippen LogP contribution in [0.15, 0.2) is 60.7 Å². The molecule has 0 amide bonds. The van der Waals surface area contributed by atoms with Gasteiger partial charge in [-0.25, -0.2) is 9.59 Å². The average molecular weight is 467 g/mol. The lowest BCUT2D eigenvalue weighted by atomic mass is 10.1. The van der Waals surface area contributed by atoms with Crippen LogP contribution >= 0.6 is 0 Å². The lowest BCUT2D eigenvalue weighted by molar-refractivity contribution is -0.159. The van der Waals surface area contributed by atoms with Gasteiger partial charge in [0.25, 0.3) is 0 Å². The van der Waals surface area contributed by atoms with Gasteiger partial charge in [0.05, 0.1) is 14.2 Å². The Morgan fingerprint density at radius 3 is 1.97 bits per heavy atom. The number of benzene rings is 3. The third-order valence-electron chi connectivity index (χ3n) is 5.75. The van der Waals surface area contributed by atoms with Crippen LogP contribution in [0.3, 0.4) is 0 Å². The lowest BCUT2D eigenvalue weighted by Crippen LogP contribution is -2.45. The van der Waals surface area contributed by atoms with Crippen LogP contribution in [-0.4, -0.2) is 72.4 Å². The predicted octanol–water partition coefficient (Wildman–Crippen LogP) is 3.33. The van der Waals surface area contributed by atoms with E-state index in [4.69, 9.17) is 29.3 Å². The first-order chi connectivity index (χ1) is 16.4. The highest BCUT2D eigenvalue weighted by Gasteiger charge is 2.19. The second kappa shape index (κ2) is 12.0. The maximum absolute atomic E-state index is 9.10. The highest BCUT2D eigenvalue weighted by molar-refractivity contribution is 6.27. The second-order valence-electron chi connectivity index (χ2n) is 8.00. The van der Waals surface area contributed by atoms with Gasteiger partial charge in [-0.15, -0.1) is 0 Å². The third kappa shape index (κ3) is 6.69. The summed E-state index contributed by atoms with van der Waals surface area (Å²) in [6.07, 6.45) is 0. The quantitative estimate of drug-likeness (QED) is 0.534. The first-order valence-corrected chi connectivity index (χ1v) is 11.0. The molecule has 1 aliphatic rings. The van der Waals surface area contributed by atoms with Crippen molar-refractivity contribution in [1.82, 2.24) is 9.80 Å². The summed E-state index contributed by atoms with van der Waals surface area (Å²) in [6.45, 7) is 6.20. The molecule has 180 valence electrons. The number of methoxy groups -OCH3 is 2. The Morgan fingerprint density at radius 2 is 1.38 bits per heavy atom. The van der Waals surface area contributed by atoms with Crippen LogP contribution in [0.2, 0.25) is 0 Å². The largest absolute Gasteiger partial charge is 0.493 e. The molecule has 1 saturated heterocycles. The van der Waals surface area contributed by atoms with Gasteiger partial charge in [0.2, 0.25) is 0 Å². The Balaban J connectivity index is 0.000000481. The van der Waals surface area contributed by atoms with E-state index in [1.165, 1.54) is 21.9 Å². The number of piperazine rings is 1. The van der Waals surface area contributed by atoms with E-state index in [2.05, 4.69) is 58.3 Å². The summed E-state index contributed by atoms with van der Waals surface area (Å²) in [5, 5.41) is 17.4. The van der Waals surface area contributed by atoms with Gasteiger partial charge in [0, 0.05) is 44.8 Å². The Hall–Kier alpha value is -3.62. The lowest BCUT2D eigenvalue weighted by Gasteiger charge is -2.35. The van der Waals surface area contributed by atoms with Gasteiger partial charge < -0.3 is 19.7 Å². The summed E-state index contributed by atoms with van der Waals surface area (Å²) < 4.78 is 11.0. The normalized spacial score (nSPS) is 14.2. The summed E-state index contributed by atoms with van der Waals surface area (Å²) in [4.78, 5) is 23.2. The minimum atomic E-state index is -1.82. The molecule has 0 bridgehead atoms. The molecule has 0 aromatic heterocycles. The summed E-state index contributed by atoms with van der Waals surface area (Å²) in [5.41, 5.74) is 2.58. The van der Waals surface area contributed by atoms with E-state index >= 15 is 0 Å². The van der Waals surface area contributed by atoms with Crippen LogP contribution in [0.4, 0.5) is 0 Å². The standard InChI is InChI=1S/C24H28N2O2.C2H2O4/c1-27-23-9-5-8-22(24(23)28-2)18-26-14-12-25(13-15-26)17-19-10-11-20-6-3-4-7-21(20)16-19;3-1(4)2(5)6/h3-11,16H,12-15,17-18H2,1-2H3;(H,3,4)(H,5,6). The van der Waals surface area contributed by atoms with Crippen molar-refractivity contribution in [2.75, 3.05) is 40.4 Å². The molecule has 4 rings (SSSR count). The fourth-order valence-corrected chi connectivity index (χ4v) is 4.02. The monoisotopic (exact) mass is 466 g/mol. The third-order valence-corrected chi connectivity index (χ3v) is 5.75. The Labute approximate surface area is 198 Å². The number of rotatable bonds is 6. The molecule has 0 aliphatic carbocycles. The van der Waals surface area contributed by atoms with Crippen LogP contribution in [0.25, 0.3) is 10.8 Å². The molecule has 1 heterocycles. The van der Waals surface area contributed by atoms with Crippen molar-refractivity contribution in [3.8, 4) is 11.5 Å². The molecule has 3 aromatic rings. The number of para-hydroxylation sites is 1. The maximum Gasteiger partial charge on any atom is 0.414 e. The molecule has 1 aliphatic heterocycles. The molecule has 0 atom stereocenters.